The average Bonchev–Trinajstić information content (AvgIpc) is 2.75. The van der Waals surface area contributed by atoms with Gasteiger partial charge in [-0.3, -0.25) is 9.63 Å². The molecule has 0 radical (unpaired) electrons. The van der Waals surface area contributed by atoms with Crippen LogP contribution in [0.5, 0.6) is 0 Å². The maximum atomic E-state index is 14.2. The highest BCUT2D eigenvalue weighted by Crippen LogP contribution is 2.28. The monoisotopic (exact) mass is 428 g/mol. The van der Waals surface area contributed by atoms with Crippen molar-refractivity contribution in [1.82, 2.24) is 5.48 Å². The smallest absolute Gasteiger partial charge is 0.277 e. The van der Waals surface area contributed by atoms with Crippen molar-refractivity contribution in [1.29, 1.82) is 0 Å². The minimum Gasteiger partial charge on any atom is -0.385 e. The first kappa shape index (κ1) is 27.4. The number of anilines is 2. The summed E-state index contributed by atoms with van der Waals surface area (Å²) in [6.07, 6.45) is 0.536. The molecule has 8 heteroatoms. The molecule has 0 saturated carbocycles. The van der Waals surface area contributed by atoms with Crippen molar-refractivity contribution in [3.63, 3.8) is 0 Å². The molecule has 0 aromatic heterocycles. The fourth-order valence-corrected chi connectivity index (χ4v) is 2.17. The molecule has 2 aromatic carbocycles. The number of methoxy groups -OCH3 is 1. The Morgan fingerprint density at radius 1 is 0.967 bits per heavy atom. The van der Waals surface area contributed by atoms with Gasteiger partial charge in [0, 0.05) is 13.7 Å². The topological polar surface area (TPSA) is 59.6 Å². The fraction of sp³-hybridized carbons (Fsp3) is 0.409. The Bertz CT molecular complexity index is 786. The van der Waals surface area contributed by atoms with Crippen LogP contribution < -0.4 is 10.8 Å². The van der Waals surface area contributed by atoms with E-state index >= 15 is 0 Å². The second-order valence-electron chi connectivity index (χ2n) is 5.52. The Balaban J connectivity index is 0.00000198. The van der Waals surface area contributed by atoms with Gasteiger partial charge in [-0.1, -0.05) is 33.8 Å². The number of hydroxylamine groups is 1. The Hall–Kier alpha value is -2.58. The highest BCUT2D eigenvalue weighted by Gasteiger charge is 2.20. The Morgan fingerprint density at radius 2 is 1.63 bits per heavy atom. The van der Waals surface area contributed by atoms with Crippen LogP contribution in [0.4, 0.5) is 24.5 Å². The lowest BCUT2D eigenvalue weighted by Crippen LogP contribution is -2.26. The molecule has 0 fully saturated rings. The zero-order valence-corrected chi connectivity index (χ0v) is 18.4. The largest absolute Gasteiger partial charge is 0.385 e. The first-order chi connectivity index (χ1) is 14.4. The molecule has 30 heavy (non-hydrogen) atoms. The van der Waals surface area contributed by atoms with Crippen molar-refractivity contribution >= 4 is 17.3 Å². The molecule has 2 N–H and O–H groups in total. The average molecular weight is 428 g/mol. The number of carbonyl (C=O) groups is 1. The molecule has 2 rings (SSSR count). The Labute approximate surface area is 176 Å². The first-order valence-corrected chi connectivity index (χ1v) is 9.86. The van der Waals surface area contributed by atoms with E-state index in [-0.39, 0.29) is 17.9 Å². The SMILES string of the molecule is CC.CC.COCCCONC(=O)c1ccc(F)c(F)c1Nc1ccc(C)cc1F. The first-order valence-electron chi connectivity index (χ1n) is 9.86. The predicted molar refractivity (Wildman–Crippen MR) is 113 cm³/mol. The highest BCUT2D eigenvalue weighted by atomic mass is 19.2. The summed E-state index contributed by atoms with van der Waals surface area (Å²) in [5.74, 6) is -3.92. The molecule has 0 aliphatic rings. The third-order valence-corrected chi connectivity index (χ3v) is 3.48. The number of amides is 1. The van der Waals surface area contributed by atoms with Crippen LogP contribution in [0.3, 0.4) is 0 Å². The van der Waals surface area contributed by atoms with Gasteiger partial charge in [0.25, 0.3) is 5.91 Å². The molecule has 5 nitrogen and oxygen atoms in total. The van der Waals surface area contributed by atoms with E-state index in [0.717, 1.165) is 12.1 Å². The van der Waals surface area contributed by atoms with Gasteiger partial charge < -0.3 is 10.1 Å². The summed E-state index contributed by atoms with van der Waals surface area (Å²) in [5.41, 5.74) is 2.00. The third kappa shape index (κ3) is 8.42. The van der Waals surface area contributed by atoms with Crippen LogP contribution >= 0.6 is 0 Å². The van der Waals surface area contributed by atoms with Crippen molar-refractivity contribution in [2.24, 2.45) is 0 Å². The van der Waals surface area contributed by atoms with Crippen molar-refractivity contribution < 1.29 is 27.5 Å². The molecule has 0 aliphatic carbocycles. The molecule has 0 heterocycles. The van der Waals surface area contributed by atoms with Crippen LogP contribution in [-0.4, -0.2) is 26.2 Å². The van der Waals surface area contributed by atoms with E-state index in [4.69, 9.17) is 9.57 Å². The lowest BCUT2D eigenvalue weighted by Gasteiger charge is -2.14. The number of benzene rings is 2. The number of carbonyl (C=O) groups excluding carboxylic acids is 1. The van der Waals surface area contributed by atoms with Gasteiger partial charge in [-0.25, -0.2) is 18.7 Å². The Morgan fingerprint density at radius 3 is 2.23 bits per heavy atom. The van der Waals surface area contributed by atoms with Crippen molar-refractivity contribution in [3.8, 4) is 0 Å². The number of rotatable bonds is 8. The number of ether oxygens (including phenoxy) is 1. The summed E-state index contributed by atoms with van der Waals surface area (Å²) in [4.78, 5) is 17.2. The van der Waals surface area contributed by atoms with E-state index in [0.29, 0.717) is 18.6 Å². The van der Waals surface area contributed by atoms with Crippen molar-refractivity contribution in [2.75, 3.05) is 25.6 Å². The van der Waals surface area contributed by atoms with Crippen LogP contribution in [0.1, 0.15) is 50.0 Å². The van der Waals surface area contributed by atoms with Gasteiger partial charge >= 0.3 is 0 Å². The molecule has 0 unspecified atom stereocenters. The summed E-state index contributed by atoms with van der Waals surface area (Å²) in [7, 11) is 1.53. The quantitative estimate of drug-likeness (QED) is 0.406. The van der Waals surface area contributed by atoms with Crippen LogP contribution in [0, 0.1) is 24.4 Å². The van der Waals surface area contributed by atoms with Crippen LogP contribution in [0.25, 0.3) is 0 Å². The molecule has 0 saturated heterocycles. The van der Waals surface area contributed by atoms with Crippen LogP contribution in [-0.2, 0) is 9.57 Å². The van der Waals surface area contributed by atoms with Crippen LogP contribution in [0.2, 0.25) is 0 Å². The normalized spacial score (nSPS) is 9.63. The lowest BCUT2D eigenvalue weighted by atomic mass is 10.1. The second kappa shape index (κ2) is 15.3. The van der Waals surface area contributed by atoms with E-state index in [9.17, 15) is 18.0 Å². The molecular weight excluding hydrogens is 397 g/mol. The second-order valence-corrected chi connectivity index (χ2v) is 5.52. The van der Waals surface area contributed by atoms with Gasteiger partial charge in [-0.15, -0.1) is 0 Å². The predicted octanol–water partition coefficient (Wildman–Crippen LogP) is 5.91. The zero-order chi connectivity index (χ0) is 23.1. The standard InChI is InChI=1S/C18H19F3N2O3.2C2H6/c1-11-4-7-15(14(20)10-11)22-17-12(5-6-13(19)16(17)21)18(24)23-26-9-3-8-25-2;2*1-2/h4-7,10,22H,3,8-9H2,1-2H3,(H,23,24);2*1-2H3. The van der Waals surface area contributed by atoms with Gasteiger partial charge in [-0.2, -0.15) is 0 Å². The molecule has 0 spiro atoms. The number of halogens is 3. The van der Waals surface area contributed by atoms with Crippen molar-refractivity contribution in [2.45, 2.75) is 41.0 Å². The molecule has 0 atom stereocenters. The van der Waals surface area contributed by atoms with Gasteiger partial charge in [-0.05, 0) is 43.2 Å². The molecule has 0 bridgehead atoms. The van der Waals surface area contributed by atoms with E-state index < -0.39 is 29.0 Å². The Kier molecular flexibility index (Phi) is 14.0. The van der Waals surface area contributed by atoms with E-state index in [1.165, 1.54) is 19.2 Å². The summed E-state index contributed by atoms with van der Waals surface area (Å²) in [6, 6.07) is 6.10. The van der Waals surface area contributed by atoms with Crippen LogP contribution in [0.15, 0.2) is 30.3 Å². The number of hydrogen-bond acceptors (Lipinski definition) is 4. The number of aryl methyl sites for hydroxylation is 1. The van der Waals surface area contributed by atoms with E-state index in [1.807, 2.05) is 27.7 Å². The number of nitrogens with one attached hydrogen (secondary N) is 2. The molecule has 2 aromatic rings. The maximum absolute atomic E-state index is 14.2. The minimum atomic E-state index is -1.29. The summed E-state index contributed by atoms with van der Waals surface area (Å²) >= 11 is 0. The maximum Gasteiger partial charge on any atom is 0.277 e. The van der Waals surface area contributed by atoms with E-state index in [1.54, 1.807) is 13.0 Å². The fourth-order valence-electron chi connectivity index (χ4n) is 2.17. The van der Waals surface area contributed by atoms with Gasteiger partial charge in [0.1, 0.15) is 5.82 Å². The molecule has 168 valence electrons. The molecule has 0 aliphatic heterocycles. The van der Waals surface area contributed by atoms with Gasteiger partial charge in [0.15, 0.2) is 11.6 Å². The number of hydrogen-bond donors (Lipinski definition) is 2. The van der Waals surface area contributed by atoms with E-state index in [2.05, 4.69) is 10.8 Å². The lowest BCUT2D eigenvalue weighted by molar-refractivity contribution is 0.0238. The highest BCUT2D eigenvalue weighted by molar-refractivity contribution is 5.99. The zero-order valence-electron chi connectivity index (χ0n) is 18.4. The summed E-state index contributed by atoms with van der Waals surface area (Å²) in [5, 5.41) is 2.44. The van der Waals surface area contributed by atoms with Crippen molar-refractivity contribution in [3.05, 3.63) is 58.9 Å². The molecular formula is C22H31F3N2O3. The summed E-state index contributed by atoms with van der Waals surface area (Å²) in [6.45, 7) is 10.3. The van der Waals surface area contributed by atoms with Gasteiger partial charge in [0.2, 0.25) is 0 Å². The third-order valence-electron chi connectivity index (χ3n) is 3.48. The summed E-state index contributed by atoms with van der Waals surface area (Å²) < 4.78 is 46.7. The van der Waals surface area contributed by atoms with Gasteiger partial charge in [0.05, 0.1) is 23.5 Å². The minimum absolute atomic E-state index is 0.0878. The molecule has 1 amide bonds.